The second-order valence-electron chi connectivity index (χ2n) is 7.36. The SMILES string of the molecule is O=[N+]([O-])c1ccc(Sc2ccc(N3C(=S)N[C@@H](c4ccccn4)[C@@H]3c3cccs3)cc2)cc1. The number of aromatic nitrogens is 1. The molecule has 0 amide bonds. The highest BCUT2D eigenvalue weighted by Gasteiger charge is 2.41. The number of non-ortho nitro benzene ring substituents is 1. The number of rotatable bonds is 6. The summed E-state index contributed by atoms with van der Waals surface area (Å²) >= 11 is 9.02. The summed E-state index contributed by atoms with van der Waals surface area (Å²) in [4.78, 5) is 20.4. The van der Waals surface area contributed by atoms with Gasteiger partial charge < -0.3 is 10.2 Å². The van der Waals surface area contributed by atoms with Gasteiger partial charge in [0.05, 0.1) is 22.7 Å². The molecule has 1 aliphatic rings. The molecule has 1 saturated heterocycles. The molecule has 33 heavy (non-hydrogen) atoms. The van der Waals surface area contributed by atoms with E-state index in [4.69, 9.17) is 12.2 Å². The minimum absolute atomic E-state index is 0.000533. The lowest BCUT2D eigenvalue weighted by Gasteiger charge is -2.27. The van der Waals surface area contributed by atoms with E-state index in [2.05, 4.69) is 44.8 Å². The molecule has 9 heteroatoms. The Morgan fingerprint density at radius 3 is 2.33 bits per heavy atom. The van der Waals surface area contributed by atoms with Crippen LogP contribution in [-0.4, -0.2) is 15.0 Å². The van der Waals surface area contributed by atoms with Gasteiger partial charge in [0.25, 0.3) is 5.69 Å². The van der Waals surface area contributed by atoms with Crippen molar-refractivity contribution in [2.24, 2.45) is 0 Å². The molecule has 164 valence electrons. The first-order chi connectivity index (χ1) is 16.1. The van der Waals surface area contributed by atoms with Crippen molar-refractivity contribution >= 4 is 51.8 Å². The molecule has 1 aliphatic heterocycles. The Morgan fingerprint density at radius 1 is 1.00 bits per heavy atom. The second kappa shape index (κ2) is 9.30. The number of pyridine rings is 1. The van der Waals surface area contributed by atoms with E-state index in [9.17, 15) is 10.1 Å². The summed E-state index contributed by atoms with van der Waals surface area (Å²) in [6.45, 7) is 0. The fraction of sp³-hybridized carbons (Fsp3) is 0.0833. The summed E-state index contributed by atoms with van der Waals surface area (Å²) in [7, 11) is 0. The molecule has 4 aromatic rings. The Hall–Kier alpha value is -3.27. The van der Waals surface area contributed by atoms with Crippen LogP contribution in [0.5, 0.6) is 0 Å². The van der Waals surface area contributed by atoms with E-state index in [1.165, 1.54) is 17.0 Å². The molecule has 2 atom stereocenters. The Morgan fingerprint density at radius 2 is 1.73 bits per heavy atom. The van der Waals surface area contributed by atoms with Gasteiger partial charge in [-0.05, 0) is 72.2 Å². The maximum Gasteiger partial charge on any atom is 0.269 e. The van der Waals surface area contributed by atoms with E-state index in [1.807, 2.05) is 30.3 Å². The van der Waals surface area contributed by atoms with Crippen LogP contribution in [0.3, 0.4) is 0 Å². The molecule has 0 spiro atoms. The highest BCUT2D eigenvalue weighted by Crippen LogP contribution is 2.43. The van der Waals surface area contributed by atoms with Crippen LogP contribution in [0.2, 0.25) is 0 Å². The van der Waals surface area contributed by atoms with E-state index in [0.29, 0.717) is 5.11 Å². The second-order valence-corrected chi connectivity index (χ2v) is 9.87. The quantitative estimate of drug-likeness (QED) is 0.191. The lowest BCUT2D eigenvalue weighted by Crippen LogP contribution is -2.28. The molecule has 0 radical (unpaired) electrons. The van der Waals surface area contributed by atoms with Gasteiger partial charge in [0.15, 0.2) is 5.11 Å². The van der Waals surface area contributed by atoms with E-state index in [1.54, 1.807) is 41.4 Å². The normalized spacial score (nSPS) is 17.7. The number of nitrogens with one attached hydrogen (secondary N) is 1. The molecule has 2 aromatic heterocycles. The molecule has 6 nitrogen and oxygen atoms in total. The highest BCUT2D eigenvalue weighted by molar-refractivity contribution is 7.99. The van der Waals surface area contributed by atoms with Crippen molar-refractivity contribution in [1.29, 1.82) is 0 Å². The monoisotopic (exact) mass is 490 g/mol. The van der Waals surface area contributed by atoms with Crippen molar-refractivity contribution in [3.63, 3.8) is 0 Å². The molecule has 2 aromatic carbocycles. The number of anilines is 1. The molecule has 3 heterocycles. The van der Waals surface area contributed by atoms with Crippen LogP contribution in [0.25, 0.3) is 0 Å². The number of thiocarbonyl (C=S) groups is 1. The third-order valence-electron chi connectivity index (χ3n) is 5.33. The van der Waals surface area contributed by atoms with Gasteiger partial charge in [-0.3, -0.25) is 15.1 Å². The summed E-state index contributed by atoms with van der Waals surface area (Å²) in [5.41, 5.74) is 2.04. The molecule has 0 bridgehead atoms. The van der Waals surface area contributed by atoms with Gasteiger partial charge in [-0.25, -0.2) is 0 Å². The Bertz CT molecular complexity index is 1260. The first kappa shape index (κ1) is 21.6. The zero-order valence-corrected chi connectivity index (χ0v) is 19.6. The number of benzene rings is 2. The maximum absolute atomic E-state index is 10.9. The first-order valence-corrected chi connectivity index (χ1v) is 12.3. The van der Waals surface area contributed by atoms with Gasteiger partial charge in [0.2, 0.25) is 0 Å². The van der Waals surface area contributed by atoms with Gasteiger partial charge in [-0.15, -0.1) is 11.3 Å². The van der Waals surface area contributed by atoms with Crippen molar-refractivity contribution in [3.05, 3.63) is 111 Å². The van der Waals surface area contributed by atoms with Crippen LogP contribution in [0.1, 0.15) is 22.7 Å². The van der Waals surface area contributed by atoms with Crippen LogP contribution >= 0.6 is 35.3 Å². The average molecular weight is 491 g/mol. The van der Waals surface area contributed by atoms with Crippen LogP contribution in [0.4, 0.5) is 11.4 Å². The third-order valence-corrected chi connectivity index (χ3v) is 7.60. The largest absolute Gasteiger partial charge is 0.351 e. The van der Waals surface area contributed by atoms with Crippen LogP contribution < -0.4 is 10.2 Å². The van der Waals surface area contributed by atoms with Crippen molar-refractivity contribution in [2.75, 3.05) is 4.90 Å². The average Bonchev–Trinajstić information content (AvgIpc) is 3.48. The van der Waals surface area contributed by atoms with E-state index < -0.39 is 4.92 Å². The number of hydrogen-bond acceptors (Lipinski definition) is 6. The zero-order valence-electron chi connectivity index (χ0n) is 17.2. The predicted molar refractivity (Wildman–Crippen MR) is 136 cm³/mol. The Balaban J connectivity index is 1.41. The summed E-state index contributed by atoms with van der Waals surface area (Å²) in [5, 5.41) is 17.1. The van der Waals surface area contributed by atoms with Gasteiger partial charge in [-0.2, -0.15) is 0 Å². The molecule has 1 N–H and O–H groups in total. The maximum atomic E-state index is 10.9. The minimum atomic E-state index is -0.390. The van der Waals surface area contributed by atoms with Crippen molar-refractivity contribution < 1.29 is 4.92 Å². The zero-order chi connectivity index (χ0) is 22.8. The summed E-state index contributed by atoms with van der Waals surface area (Å²) in [6, 6.07) is 24.8. The van der Waals surface area contributed by atoms with Crippen LogP contribution in [0, 0.1) is 10.1 Å². The third kappa shape index (κ3) is 4.47. The molecule has 0 saturated carbocycles. The molecule has 0 aliphatic carbocycles. The van der Waals surface area contributed by atoms with Crippen molar-refractivity contribution in [1.82, 2.24) is 10.3 Å². The fourth-order valence-electron chi connectivity index (χ4n) is 3.83. The predicted octanol–water partition coefficient (Wildman–Crippen LogP) is 6.38. The van der Waals surface area contributed by atoms with Gasteiger partial charge in [0, 0.05) is 38.7 Å². The summed E-state index contributed by atoms with van der Waals surface area (Å²) in [5.74, 6) is 0. The van der Waals surface area contributed by atoms with E-state index in [0.717, 1.165) is 21.2 Å². The van der Waals surface area contributed by atoms with Crippen LogP contribution in [0.15, 0.2) is 100 Å². The van der Waals surface area contributed by atoms with Crippen molar-refractivity contribution in [3.8, 4) is 0 Å². The van der Waals surface area contributed by atoms with Gasteiger partial charge in [-0.1, -0.05) is 23.9 Å². The Kier molecular flexibility index (Phi) is 6.08. The van der Waals surface area contributed by atoms with E-state index >= 15 is 0 Å². The lowest BCUT2D eigenvalue weighted by molar-refractivity contribution is -0.384. The molecule has 5 rings (SSSR count). The number of nitro groups is 1. The molecular formula is C24H18N4O2S3. The highest BCUT2D eigenvalue weighted by atomic mass is 32.2. The lowest BCUT2D eigenvalue weighted by atomic mass is 10.0. The van der Waals surface area contributed by atoms with Crippen molar-refractivity contribution in [2.45, 2.75) is 21.9 Å². The van der Waals surface area contributed by atoms with Crippen LogP contribution in [-0.2, 0) is 0 Å². The first-order valence-electron chi connectivity index (χ1n) is 10.2. The fourth-order valence-corrected chi connectivity index (χ4v) is 5.84. The molecule has 0 unspecified atom stereocenters. The summed E-state index contributed by atoms with van der Waals surface area (Å²) in [6.07, 6.45) is 1.80. The van der Waals surface area contributed by atoms with Gasteiger partial charge in [0.1, 0.15) is 0 Å². The summed E-state index contributed by atoms with van der Waals surface area (Å²) < 4.78 is 0. The number of thiophene rings is 1. The molecular weight excluding hydrogens is 472 g/mol. The van der Waals surface area contributed by atoms with E-state index in [-0.39, 0.29) is 17.8 Å². The smallest absolute Gasteiger partial charge is 0.269 e. The molecule has 1 fully saturated rings. The van der Waals surface area contributed by atoms with Gasteiger partial charge >= 0.3 is 0 Å². The topological polar surface area (TPSA) is 71.3 Å². The minimum Gasteiger partial charge on any atom is -0.351 e. The number of nitrogens with zero attached hydrogens (tertiary/aromatic N) is 3. The number of nitro benzene ring substituents is 1. The standard InChI is InChI=1S/C24H18N4O2S3/c29-28(30)17-8-12-19(13-9-17)33-18-10-6-16(7-11-18)27-23(21-5-3-15-32-21)22(26-24(27)31)20-4-1-2-14-25-20/h1-15,22-23H,(H,26,31)/t22-,23-/m0/s1. The Labute approximate surface area is 204 Å². The number of hydrogen-bond donors (Lipinski definition) is 1.